The van der Waals surface area contributed by atoms with Gasteiger partial charge < -0.3 is 10.8 Å². The lowest BCUT2D eigenvalue weighted by atomic mass is 9.87. The molecule has 0 unspecified atom stereocenters. The minimum atomic E-state index is -0.0488. The third-order valence-electron chi connectivity index (χ3n) is 4.39. The number of aliphatic hydroxyl groups excluding tert-OH is 1. The Morgan fingerprint density at radius 3 is 2.42 bits per heavy atom. The lowest BCUT2D eigenvalue weighted by Crippen LogP contribution is -2.40. The van der Waals surface area contributed by atoms with Crippen LogP contribution in [0, 0.1) is 5.41 Å². The van der Waals surface area contributed by atoms with Crippen molar-refractivity contribution in [3.63, 3.8) is 0 Å². The molecule has 1 fully saturated rings. The van der Waals surface area contributed by atoms with Crippen LogP contribution in [0.5, 0.6) is 0 Å². The van der Waals surface area contributed by atoms with E-state index in [1.165, 1.54) is 32.1 Å². The summed E-state index contributed by atoms with van der Waals surface area (Å²) in [5, 5.41) is 9.23. The molecule has 3 N–H and O–H groups in total. The highest BCUT2D eigenvalue weighted by molar-refractivity contribution is 7.80. The van der Waals surface area contributed by atoms with Crippen LogP contribution in [-0.2, 0) is 0 Å². The van der Waals surface area contributed by atoms with Gasteiger partial charge in [-0.1, -0.05) is 45.3 Å². The highest BCUT2D eigenvalue weighted by atomic mass is 32.1. The molecule has 0 bridgehead atoms. The Kier molecular flexibility index (Phi) is 7.26. The van der Waals surface area contributed by atoms with Crippen LogP contribution >= 0.6 is 12.2 Å². The van der Waals surface area contributed by atoms with Crippen LogP contribution in [0.3, 0.4) is 0 Å². The van der Waals surface area contributed by atoms with E-state index in [1.54, 1.807) is 0 Å². The molecular weight excluding hydrogens is 256 g/mol. The number of aliphatic hydroxyl groups is 1. The third-order valence-corrected chi connectivity index (χ3v) is 4.95. The zero-order chi connectivity index (χ0) is 14.3. The number of nitrogens with zero attached hydrogens (tertiary/aromatic N) is 1. The van der Waals surface area contributed by atoms with Crippen molar-refractivity contribution in [2.75, 3.05) is 19.7 Å². The van der Waals surface area contributed by atoms with Gasteiger partial charge in [0.1, 0.15) is 0 Å². The Hall–Kier alpha value is -0.190. The molecule has 0 aromatic rings. The smallest absolute Gasteiger partial charge is 0.0784 e. The predicted molar refractivity (Wildman–Crippen MR) is 85.3 cm³/mol. The second-order valence-electron chi connectivity index (χ2n) is 6.40. The van der Waals surface area contributed by atoms with E-state index in [2.05, 4.69) is 18.7 Å². The Labute approximate surface area is 123 Å². The van der Waals surface area contributed by atoms with Crippen molar-refractivity contribution >= 4 is 17.2 Å². The van der Waals surface area contributed by atoms with Crippen LogP contribution in [0.2, 0.25) is 0 Å². The highest BCUT2D eigenvalue weighted by Gasteiger charge is 2.23. The zero-order valence-corrected chi connectivity index (χ0v) is 13.3. The normalized spacial score (nSPS) is 17.9. The molecule has 0 atom stereocenters. The number of nitrogens with two attached hydrogens (primary N) is 1. The Morgan fingerprint density at radius 2 is 1.89 bits per heavy atom. The van der Waals surface area contributed by atoms with Crippen molar-refractivity contribution in [2.45, 2.75) is 64.8 Å². The summed E-state index contributed by atoms with van der Waals surface area (Å²) in [6, 6.07) is 0.675. The molecule has 0 radical (unpaired) electrons. The molecule has 1 rings (SSSR count). The van der Waals surface area contributed by atoms with E-state index < -0.39 is 0 Å². The summed E-state index contributed by atoms with van der Waals surface area (Å²) in [4.78, 5) is 3.08. The summed E-state index contributed by atoms with van der Waals surface area (Å²) in [6.45, 7) is 6.35. The summed E-state index contributed by atoms with van der Waals surface area (Å²) in [5.41, 5.74) is 5.72. The van der Waals surface area contributed by atoms with Gasteiger partial charge in [0, 0.05) is 18.0 Å². The molecular formula is C15H30N2OS. The maximum absolute atomic E-state index is 9.23. The standard InChI is InChI=1S/C15H30N2OS/c1-15(2,14(16)19)9-6-10-17(11-12-18)13-7-4-3-5-8-13/h13,18H,3-12H2,1-2H3,(H2,16,19). The quantitative estimate of drug-likeness (QED) is 0.674. The molecule has 3 nitrogen and oxygen atoms in total. The van der Waals surface area contributed by atoms with Crippen LogP contribution < -0.4 is 5.73 Å². The van der Waals surface area contributed by atoms with E-state index in [9.17, 15) is 5.11 Å². The molecule has 4 heteroatoms. The number of hydrogen-bond acceptors (Lipinski definition) is 3. The molecule has 0 spiro atoms. The van der Waals surface area contributed by atoms with E-state index >= 15 is 0 Å². The topological polar surface area (TPSA) is 49.5 Å². The minimum absolute atomic E-state index is 0.0488. The molecule has 19 heavy (non-hydrogen) atoms. The number of rotatable bonds is 8. The number of hydrogen-bond donors (Lipinski definition) is 2. The second kappa shape index (κ2) is 8.18. The van der Waals surface area contributed by atoms with Crippen molar-refractivity contribution < 1.29 is 5.11 Å². The van der Waals surface area contributed by atoms with E-state index in [0.717, 1.165) is 25.9 Å². The SMILES string of the molecule is CC(C)(CCCN(CCO)C1CCCCC1)C(N)=S. The molecule has 1 aliphatic rings. The summed E-state index contributed by atoms with van der Waals surface area (Å²) in [6.07, 6.45) is 8.75. The number of thiocarbonyl (C=S) groups is 1. The van der Waals surface area contributed by atoms with Gasteiger partial charge in [-0.2, -0.15) is 0 Å². The molecule has 1 aliphatic carbocycles. The van der Waals surface area contributed by atoms with E-state index in [1.807, 2.05) is 0 Å². The first-order valence-electron chi connectivity index (χ1n) is 7.62. The minimum Gasteiger partial charge on any atom is -0.395 e. The van der Waals surface area contributed by atoms with Gasteiger partial charge in [0.15, 0.2) is 0 Å². The van der Waals surface area contributed by atoms with Crippen molar-refractivity contribution in [3.8, 4) is 0 Å². The second-order valence-corrected chi connectivity index (χ2v) is 6.84. The van der Waals surface area contributed by atoms with Gasteiger partial charge in [-0.15, -0.1) is 0 Å². The molecule has 0 aromatic carbocycles. The summed E-state index contributed by atoms with van der Waals surface area (Å²) in [7, 11) is 0. The van der Waals surface area contributed by atoms with Gasteiger partial charge in [0.2, 0.25) is 0 Å². The molecule has 0 amide bonds. The largest absolute Gasteiger partial charge is 0.395 e. The van der Waals surface area contributed by atoms with Gasteiger partial charge in [0.25, 0.3) is 0 Å². The monoisotopic (exact) mass is 286 g/mol. The molecule has 1 saturated carbocycles. The first-order valence-corrected chi connectivity index (χ1v) is 8.03. The van der Waals surface area contributed by atoms with Gasteiger partial charge in [-0.3, -0.25) is 4.90 Å². The fourth-order valence-electron chi connectivity index (χ4n) is 2.90. The molecule has 112 valence electrons. The van der Waals surface area contributed by atoms with Crippen LogP contribution in [0.25, 0.3) is 0 Å². The summed E-state index contributed by atoms with van der Waals surface area (Å²) in [5.74, 6) is 0. The van der Waals surface area contributed by atoms with Gasteiger partial charge in [-0.25, -0.2) is 0 Å². The molecule has 0 heterocycles. The maximum atomic E-state index is 9.23. The Bertz CT molecular complexity index is 275. The maximum Gasteiger partial charge on any atom is 0.0784 e. The Morgan fingerprint density at radius 1 is 1.26 bits per heavy atom. The van der Waals surface area contributed by atoms with Crippen LogP contribution in [0.1, 0.15) is 58.8 Å². The van der Waals surface area contributed by atoms with Crippen LogP contribution in [0.4, 0.5) is 0 Å². The van der Waals surface area contributed by atoms with Crippen molar-refractivity contribution in [3.05, 3.63) is 0 Å². The average molecular weight is 286 g/mol. The molecule has 0 aromatic heterocycles. The van der Waals surface area contributed by atoms with Gasteiger partial charge in [-0.05, 0) is 32.2 Å². The van der Waals surface area contributed by atoms with Crippen LogP contribution in [-0.4, -0.2) is 40.7 Å². The third kappa shape index (κ3) is 5.76. The van der Waals surface area contributed by atoms with Crippen molar-refractivity contribution in [1.82, 2.24) is 4.90 Å². The van der Waals surface area contributed by atoms with Crippen molar-refractivity contribution in [1.29, 1.82) is 0 Å². The highest BCUT2D eigenvalue weighted by Crippen LogP contribution is 2.25. The summed E-state index contributed by atoms with van der Waals surface area (Å²) >= 11 is 5.11. The van der Waals surface area contributed by atoms with Crippen molar-refractivity contribution in [2.24, 2.45) is 11.1 Å². The average Bonchev–Trinajstić information content (AvgIpc) is 2.38. The zero-order valence-electron chi connectivity index (χ0n) is 12.5. The molecule has 0 saturated heterocycles. The van der Waals surface area contributed by atoms with Gasteiger partial charge in [0.05, 0.1) is 11.6 Å². The van der Waals surface area contributed by atoms with Gasteiger partial charge >= 0.3 is 0 Å². The fraction of sp³-hybridized carbons (Fsp3) is 0.933. The predicted octanol–water partition coefficient (Wildman–Crippen LogP) is 2.71. The fourth-order valence-corrected chi connectivity index (χ4v) is 3.00. The lowest BCUT2D eigenvalue weighted by Gasteiger charge is -2.34. The van der Waals surface area contributed by atoms with E-state index in [4.69, 9.17) is 18.0 Å². The lowest BCUT2D eigenvalue weighted by molar-refractivity contribution is 0.120. The first kappa shape index (κ1) is 16.9. The summed E-state index contributed by atoms with van der Waals surface area (Å²) < 4.78 is 0. The Balaban J connectivity index is 2.38. The van der Waals surface area contributed by atoms with Crippen LogP contribution in [0.15, 0.2) is 0 Å². The first-order chi connectivity index (χ1) is 8.97. The van der Waals surface area contributed by atoms with E-state index in [0.29, 0.717) is 11.0 Å². The van der Waals surface area contributed by atoms with E-state index in [-0.39, 0.29) is 12.0 Å². The molecule has 0 aliphatic heterocycles.